The van der Waals surface area contributed by atoms with Crippen LogP contribution in [-0.2, 0) is 35.0 Å². The molecule has 0 bridgehead atoms. The molecule has 2 spiro atoms. The van der Waals surface area contributed by atoms with Gasteiger partial charge in [0.15, 0.2) is 17.9 Å². The first kappa shape index (κ1) is 25.1. The maximum absolute atomic E-state index is 6.63. The number of rotatable bonds is 8. The van der Waals surface area contributed by atoms with Crippen LogP contribution < -0.4 is 4.74 Å². The van der Waals surface area contributed by atoms with Gasteiger partial charge >= 0.3 is 0 Å². The van der Waals surface area contributed by atoms with Crippen molar-refractivity contribution in [1.29, 1.82) is 0 Å². The molecule has 7 nitrogen and oxygen atoms in total. The van der Waals surface area contributed by atoms with E-state index in [-0.39, 0.29) is 24.4 Å². The number of benzene rings is 1. The lowest BCUT2D eigenvalue weighted by atomic mass is 9.94. The molecule has 200 valence electrons. The SMILES string of the molecule is CCCCOc1ccc(CO[C@@H]2[C@H]3OC4(CCCCC4)O[C@H]3O[C@@H]2C2COC3(CCCCC3)O2)cc1. The highest BCUT2D eigenvalue weighted by Gasteiger charge is 2.61. The third-order valence-corrected chi connectivity index (χ3v) is 8.50. The minimum absolute atomic E-state index is 0.178. The number of hydrogen-bond acceptors (Lipinski definition) is 7. The Labute approximate surface area is 215 Å². The Morgan fingerprint density at radius 3 is 2.28 bits per heavy atom. The van der Waals surface area contributed by atoms with Crippen molar-refractivity contribution in [2.24, 2.45) is 0 Å². The largest absolute Gasteiger partial charge is 0.494 e. The lowest BCUT2D eigenvalue weighted by molar-refractivity contribution is -0.263. The molecule has 1 aromatic rings. The highest BCUT2D eigenvalue weighted by molar-refractivity contribution is 5.27. The Kier molecular flexibility index (Phi) is 7.57. The smallest absolute Gasteiger partial charge is 0.190 e. The molecule has 5 atom stereocenters. The fourth-order valence-electron chi connectivity index (χ4n) is 6.47. The van der Waals surface area contributed by atoms with Gasteiger partial charge in [0.2, 0.25) is 0 Å². The average Bonchev–Trinajstić information content (AvgIpc) is 3.56. The zero-order valence-corrected chi connectivity index (χ0v) is 21.7. The van der Waals surface area contributed by atoms with Gasteiger partial charge in [0, 0.05) is 25.7 Å². The van der Waals surface area contributed by atoms with Gasteiger partial charge in [0.1, 0.15) is 30.2 Å². The van der Waals surface area contributed by atoms with E-state index >= 15 is 0 Å². The molecule has 5 fully saturated rings. The van der Waals surface area contributed by atoms with Gasteiger partial charge in [-0.25, -0.2) is 0 Å². The average molecular weight is 503 g/mol. The summed E-state index contributed by atoms with van der Waals surface area (Å²) in [5.74, 6) is -0.0700. The van der Waals surface area contributed by atoms with Crippen LogP contribution in [0.25, 0.3) is 0 Å². The van der Waals surface area contributed by atoms with Gasteiger partial charge in [-0.05, 0) is 49.8 Å². The maximum Gasteiger partial charge on any atom is 0.190 e. The summed E-state index contributed by atoms with van der Waals surface area (Å²) >= 11 is 0. The molecule has 3 saturated heterocycles. The fraction of sp³-hybridized carbons (Fsp3) is 0.793. The van der Waals surface area contributed by atoms with Crippen LogP contribution in [0, 0.1) is 0 Å². The van der Waals surface area contributed by atoms with Crippen LogP contribution in [0.15, 0.2) is 24.3 Å². The van der Waals surface area contributed by atoms with Crippen LogP contribution >= 0.6 is 0 Å². The summed E-state index contributed by atoms with van der Waals surface area (Å²) in [7, 11) is 0. The van der Waals surface area contributed by atoms with E-state index in [0.717, 1.165) is 82.1 Å². The van der Waals surface area contributed by atoms with E-state index in [4.69, 9.17) is 33.2 Å². The van der Waals surface area contributed by atoms with Crippen molar-refractivity contribution in [3.05, 3.63) is 29.8 Å². The number of hydrogen-bond donors (Lipinski definition) is 0. The molecule has 0 N–H and O–H groups in total. The van der Waals surface area contributed by atoms with Crippen molar-refractivity contribution in [3.63, 3.8) is 0 Å². The van der Waals surface area contributed by atoms with Gasteiger partial charge < -0.3 is 33.2 Å². The predicted octanol–water partition coefficient (Wildman–Crippen LogP) is 5.63. The number of ether oxygens (including phenoxy) is 7. The normalized spacial score (nSPS) is 34.9. The Hall–Kier alpha value is -1.22. The van der Waals surface area contributed by atoms with Gasteiger partial charge in [-0.1, -0.05) is 38.3 Å². The molecule has 0 radical (unpaired) electrons. The second kappa shape index (κ2) is 10.9. The van der Waals surface area contributed by atoms with Gasteiger partial charge in [-0.15, -0.1) is 0 Å². The van der Waals surface area contributed by atoms with Crippen molar-refractivity contribution in [2.45, 2.75) is 133 Å². The lowest BCUT2D eigenvalue weighted by Crippen LogP contribution is -2.45. The monoisotopic (exact) mass is 502 g/mol. The Bertz CT molecular complexity index is 846. The van der Waals surface area contributed by atoms with E-state index in [1.165, 1.54) is 12.8 Å². The van der Waals surface area contributed by atoms with E-state index in [0.29, 0.717) is 13.2 Å². The van der Waals surface area contributed by atoms with E-state index in [1.54, 1.807) is 0 Å². The van der Waals surface area contributed by atoms with Crippen LogP contribution in [-0.4, -0.2) is 55.5 Å². The van der Waals surface area contributed by atoms with Gasteiger partial charge in [-0.3, -0.25) is 0 Å². The minimum Gasteiger partial charge on any atom is -0.494 e. The molecule has 5 aliphatic rings. The summed E-state index contributed by atoms with van der Waals surface area (Å²) in [4.78, 5) is 0. The van der Waals surface area contributed by atoms with Crippen molar-refractivity contribution in [1.82, 2.24) is 0 Å². The molecule has 1 aromatic carbocycles. The molecule has 7 heteroatoms. The van der Waals surface area contributed by atoms with Crippen LogP contribution in [0.4, 0.5) is 0 Å². The second-order valence-corrected chi connectivity index (χ2v) is 11.2. The van der Waals surface area contributed by atoms with Crippen LogP contribution in [0.1, 0.15) is 89.5 Å². The molecule has 2 aliphatic carbocycles. The summed E-state index contributed by atoms with van der Waals surface area (Å²) in [6, 6.07) is 8.19. The van der Waals surface area contributed by atoms with Crippen molar-refractivity contribution in [2.75, 3.05) is 13.2 Å². The first-order chi connectivity index (χ1) is 17.7. The van der Waals surface area contributed by atoms with Gasteiger partial charge in [-0.2, -0.15) is 0 Å². The topological polar surface area (TPSA) is 64.6 Å². The van der Waals surface area contributed by atoms with Crippen molar-refractivity contribution < 1.29 is 33.2 Å². The zero-order chi connectivity index (χ0) is 24.4. The summed E-state index contributed by atoms with van der Waals surface area (Å²) in [5, 5.41) is 0. The van der Waals surface area contributed by atoms with Gasteiger partial charge in [0.05, 0.1) is 19.8 Å². The highest BCUT2D eigenvalue weighted by Crippen LogP contribution is 2.48. The molecule has 1 unspecified atom stereocenters. The zero-order valence-electron chi connectivity index (χ0n) is 21.7. The second-order valence-electron chi connectivity index (χ2n) is 11.2. The van der Waals surface area contributed by atoms with Crippen LogP contribution in [0.2, 0.25) is 0 Å². The molecule has 6 rings (SSSR count). The summed E-state index contributed by atoms with van der Waals surface area (Å²) in [6.45, 7) is 3.92. The van der Waals surface area contributed by atoms with E-state index in [2.05, 4.69) is 19.1 Å². The molecule has 0 amide bonds. The molecule has 2 saturated carbocycles. The quantitative estimate of drug-likeness (QED) is 0.427. The Balaban J connectivity index is 1.13. The van der Waals surface area contributed by atoms with E-state index < -0.39 is 17.9 Å². The van der Waals surface area contributed by atoms with Gasteiger partial charge in [0.25, 0.3) is 0 Å². The molecular formula is C29H42O7. The molecular weight excluding hydrogens is 460 g/mol. The minimum atomic E-state index is -0.519. The van der Waals surface area contributed by atoms with E-state index in [9.17, 15) is 0 Å². The standard InChI is InChI=1S/C29H42O7/c1-2-3-18-30-22-12-10-21(11-13-22)19-31-25-24(23-20-32-28(34-23)14-6-4-7-15-28)33-27-26(25)35-29(36-27)16-8-5-9-17-29/h10-13,23-27H,2-9,14-20H2,1H3/t23?,24-,25+,26-,27-/m1/s1. The molecule has 0 aromatic heterocycles. The molecule has 36 heavy (non-hydrogen) atoms. The maximum atomic E-state index is 6.63. The number of fused-ring (bicyclic) bond motifs is 1. The Morgan fingerprint density at radius 2 is 1.56 bits per heavy atom. The van der Waals surface area contributed by atoms with Crippen LogP contribution in [0.5, 0.6) is 5.75 Å². The summed E-state index contributed by atoms with van der Waals surface area (Å²) in [6.07, 6.45) is 11.6. The first-order valence-corrected chi connectivity index (χ1v) is 14.3. The summed E-state index contributed by atoms with van der Waals surface area (Å²) < 4.78 is 44.8. The van der Waals surface area contributed by atoms with Crippen LogP contribution in [0.3, 0.4) is 0 Å². The lowest BCUT2D eigenvalue weighted by Gasteiger charge is -2.35. The molecule has 3 heterocycles. The predicted molar refractivity (Wildman–Crippen MR) is 132 cm³/mol. The third-order valence-electron chi connectivity index (χ3n) is 8.50. The fourth-order valence-corrected chi connectivity index (χ4v) is 6.47. The Morgan fingerprint density at radius 1 is 0.833 bits per heavy atom. The third kappa shape index (κ3) is 5.20. The van der Waals surface area contributed by atoms with Crippen molar-refractivity contribution >= 4 is 0 Å². The summed E-state index contributed by atoms with van der Waals surface area (Å²) in [5.41, 5.74) is 1.10. The first-order valence-electron chi connectivity index (χ1n) is 14.3. The van der Waals surface area contributed by atoms with Crippen molar-refractivity contribution in [3.8, 4) is 5.75 Å². The van der Waals surface area contributed by atoms with E-state index in [1.807, 2.05) is 12.1 Å². The number of unbranched alkanes of at least 4 members (excludes halogenated alkanes) is 1. The molecule has 3 aliphatic heterocycles. The highest BCUT2D eigenvalue weighted by atomic mass is 16.9.